The molecule has 0 radical (unpaired) electrons. The third-order valence-corrected chi connectivity index (χ3v) is 7.30. The summed E-state index contributed by atoms with van der Waals surface area (Å²) in [7, 11) is 1.63. The second-order valence-corrected chi connectivity index (χ2v) is 10.0. The zero-order valence-electron chi connectivity index (χ0n) is 21.8. The first kappa shape index (κ1) is 26.5. The number of nitrogens with two attached hydrogens (primary N) is 2. The molecular weight excluding hydrogens is 515 g/mol. The molecule has 2 aromatic heterocycles. The van der Waals surface area contributed by atoms with Gasteiger partial charge in [-0.3, -0.25) is 0 Å². The molecule has 200 valence electrons. The van der Waals surface area contributed by atoms with Crippen molar-refractivity contribution in [3.63, 3.8) is 0 Å². The summed E-state index contributed by atoms with van der Waals surface area (Å²) in [5.74, 6) is 6.63. The van der Waals surface area contributed by atoms with Crippen molar-refractivity contribution in [1.29, 1.82) is 0 Å². The summed E-state index contributed by atoms with van der Waals surface area (Å²) in [6.07, 6.45) is 7.37. The van der Waals surface area contributed by atoms with Gasteiger partial charge in [0.05, 0.1) is 40.8 Å². The number of hydrogen-bond acceptors (Lipinski definition) is 5. The Balaban J connectivity index is 1.64. The number of nitrogens with zero attached hydrogens (tertiary/aromatic N) is 3. The molecule has 2 aromatic carbocycles. The van der Waals surface area contributed by atoms with E-state index in [0.29, 0.717) is 10.6 Å². The van der Waals surface area contributed by atoms with Crippen LogP contribution in [0.5, 0.6) is 5.75 Å². The highest BCUT2D eigenvalue weighted by Gasteiger charge is 2.22. The van der Waals surface area contributed by atoms with Crippen molar-refractivity contribution in [2.45, 2.75) is 44.7 Å². The first-order valence-corrected chi connectivity index (χ1v) is 13.2. The Labute approximate surface area is 232 Å². The van der Waals surface area contributed by atoms with Crippen LogP contribution in [-0.2, 0) is 0 Å². The highest BCUT2D eigenvalue weighted by molar-refractivity contribution is 6.33. The molecule has 0 saturated heterocycles. The van der Waals surface area contributed by atoms with Crippen molar-refractivity contribution in [3.8, 4) is 28.7 Å². The van der Waals surface area contributed by atoms with E-state index in [9.17, 15) is 4.39 Å². The summed E-state index contributed by atoms with van der Waals surface area (Å²) in [5.41, 5.74) is 17.9. The van der Waals surface area contributed by atoms with Gasteiger partial charge < -0.3 is 21.5 Å². The van der Waals surface area contributed by atoms with Gasteiger partial charge in [0.15, 0.2) is 0 Å². The Morgan fingerprint density at radius 3 is 2.72 bits per heavy atom. The van der Waals surface area contributed by atoms with Gasteiger partial charge in [-0.2, -0.15) is 5.10 Å². The van der Waals surface area contributed by atoms with Crippen molar-refractivity contribution >= 4 is 34.3 Å². The molecule has 5 N–H and O–H groups in total. The summed E-state index contributed by atoms with van der Waals surface area (Å²) >= 11 is 6.27. The standard InChI is InChI=1S/C30H30ClFN6O/c1-3-4-18-13-23(39-2)10-11-24(18)19-14-28-29(36-22-8-6-21(33)7-9-22)25(16-35-38(28)17-19)30(34)37-27-15-20(32)5-12-26(27)31/h5,10-17,21-22,36H,6-9,33H2,1-2H3,(H2,34,37)/t21-,22-. The average molecular weight is 545 g/mol. The van der Waals surface area contributed by atoms with Crippen molar-refractivity contribution in [1.82, 2.24) is 9.61 Å². The summed E-state index contributed by atoms with van der Waals surface area (Å²) in [5, 5.41) is 8.63. The molecule has 0 unspecified atom stereocenters. The van der Waals surface area contributed by atoms with E-state index < -0.39 is 5.82 Å². The summed E-state index contributed by atoms with van der Waals surface area (Å²) in [6.45, 7) is 1.80. The van der Waals surface area contributed by atoms with Crippen LogP contribution in [0.4, 0.5) is 15.8 Å². The van der Waals surface area contributed by atoms with Crippen LogP contribution in [-0.4, -0.2) is 34.6 Å². The van der Waals surface area contributed by atoms with Crippen LogP contribution in [0.2, 0.25) is 5.02 Å². The Hall–Kier alpha value is -4.06. The number of methoxy groups -OCH3 is 1. The van der Waals surface area contributed by atoms with Crippen molar-refractivity contribution in [2.24, 2.45) is 16.5 Å². The molecule has 0 bridgehead atoms. The van der Waals surface area contributed by atoms with Gasteiger partial charge in [0.25, 0.3) is 0 Å². The highest BCUT2D eigenvalue weighted by atomic mass is 35.5. The van der Waals surface area contributed by atoms with E-state index >= 15 is 0 Å². The zero-order chi connectivity index (χ0) is 27.5. The molecule has 0 atom stereocenters. The quantitative estimate of drug-likeness (QED) is 0.159. The monoisotopic (exact) mass is 544 g/mol. The van der Waals surface area contributed by atoms with E-state index in [1.807, 2.05) is 28.9 Å². The van der Waals surface area contributed by atoms with Crippen LogP contribution in [0.15, 0.2) is 59.9 Å². The molecule has 7 nitrogen and oxygen atoms in total. The number of rotatable bonds is 6. The zero-order valence-corrected chi connectivity index (χ0v) is 22.6. The smallest absolute Gasteiger partial charge is 0.135 e. The first-order valence-electron chi connectivity index (χ1n) is 12.8. The molecule has 39 heavy (non-hydrogen) atoms. The van der Waals surface area contributed by atoms with Gasteiger partial charge in [0.1, 0.15) is 17.4 Å². The van der Waals surface area contributed by atoms with Crippen LogP contribution in [0.25, 0.3) is 16.6 Å². The SMILES string of the molecule is CC#Cc1cc(OC)ccc1-c1cc2c(N[C@H]3CC[C@H](N)CC3)c(/C(N)=N/c3cc(F)ccc3Cl)cnn2c1. The molecule has 0 spiro atoms. The number of ether oxygens (including phenoxy) is 1. The van der Waals surface area contributed by atoms with Gasteiger partial charge in [-0.1, -0.05) is 17.5 Å². The molecule has 4 aromatic rings. The number of aromatic nitrogens is 2. The molecule has 1 fully saturated rings. The number of nitrogens with one attached hydrogen (secondary N) is 1. The largest absolute Gasteiger partial charge is 0.497 e. The molecule has 0 aliphatic heterocycles. The number of hydrogen-bond donors (Lipinski definition) is 3. The Bertz CT molecular complexity index is 1610. The van der Waals surface area contributed by atoms with Gasteiger partial charge in [0.2, 0.25) is 0 Å². The predicted molar refractivity (Wildman–Crippen MR) is 155 cm³/mol. The van der Waals surface area contributed by atoms with Crippen molar-refractivity contribution < 1.29 is 9.13 Å². The van der Waals surface area contributed by atoms with E-state index in [0.717, 1.165) is 59.3 Å². The number of benzene rings is 2. The summed E-state index contributed by atoms with van der Waals surface area (Å²) in [4.78, 5) is 4.47. The minimum Gasteiger partial charge on any atom is -0.497 e. The lowest BCUT2D eigenvalue weighted by atomic mass is 9.91. The number of halogens is 2. The second-order valence-electron chi connectivity index (χ2n) is 9.63. The van der Waals surface area contributed by atoms with E-state index in [1.165, 1.54) is 18.2 Å². The number of amidine groups is 1. The van der Waals surface area contributed by atoms with E-state index in [1.54, 1.807) is 20.2 Å². The minimum atomic E-state index is -0.446. The minimum absolute atomic E-state index is 0.178. The average Bonchev–Trinajstić information content (AvgIpc) is 3.37. The lowest BCUT2D eigenvalue weighted by Gasteiger charge is -2.28. The van der Waals surface area contributed by atoms with Gasteiger partial charge in [-0.25, -0.2) is 13.9 Å². The Kier molecular flexibility index (Phi) is 7.73. The second kappa shape index (κ2) is 11.4. The maximum atomic E-state index is 13.9. The van der Waals surface area contributed by atoms with E-state index in [4.69, 9.17) is 27.8 Å². The molecule has 2 heterocycles. The molecule has 1 aliphatic rings. The molecule has 9 heteroatoms. The lowest BCUT2D eigenvalue weighted by Crippen LogP contribution is -2.33. The fourth-order valence-corrected chi connectivity index (χ4v) is 5.08. The fourth-order valence-electron chi connectivity index (χ4n) is 4.92. The molecule has 0 amide bonds. The maximum Gasteiger partial charge on any atom is 0.135 e. The maximum absolute atomic E-state index is 13.9. The molecule has 1 saturated carbocycles. The normalized spacial score (nSPS) is 17.5. The van der Waals surface area contributed by atoms with Crippen LogP contribution >= 0.6 is 11.6 Å². The number of fused-ring (bicyclic) bond motifs is 1. The van der Waals surface area contributed by atoms with Crippen molar-refractivity contribution in [3.05, 3.63) is 76.8 Å². The Morgan fingerprint density at radius 1 is 1.18 bits per heavy atom. The number of anilines is 1. The summed E-state index contributed by atoms with van der Waals surface area (Å²) < 4.78 is 21.1. The highest BCUT2D eigenvalue weighted by Crippen LogP contribution is 2.34. The predicted octanol–water partition coefficient (Wildman–Crippen LogP) is 5.89. The van der Waals surface area contributed by atoms with Crippen LogP contribution in [0.1, 0.15) is 43.7 Å². The molecule has 1 aliphatic carbocycles. The van der Waals surface area contributed by atoms with Gasteiger partial charge in [-0.05, 0) is 74.6 Å². The molecule has 5 rings (SSSR count). The topological polar surface area (TPSA) is 103 Å². The molecular formula is C30H30ClFN6O. The van der Waals surface area contributed by atoms with E-state index in [2.05, 4.69) is 33.3 Å². The third-order valence-electron chi connectivity index (χ3n) is 6.98. The number of aliphatic imine (C=N–C) groups is 1. The van der Waals surface area contributed by atoms with Crippen LogP contribution in [0.3, 0.4) is 0 Å². The van der Waals surface area contributed by atoms with Crippen LogP contribution in [0, 0.1) is 17.7 Å². The Morgan fingerprint density at radius 2 is 1.97 bits per heavy atom. The first-order chi connectivity index (χ1) is 18.9. The lowest BCUT2D eigenvalue weighted by molar-refractivity contribution is 0.411. The van der Waals surface area contributed by atoms with Crippen molar-refractivity contribution in [2.75, 3.05) is 12.4 Å². The van der Waals surface area contributed by atoms with Gasteiger partial charge >= 0.3 is 0 Å². The summed E-state index contributed by atoms with van der Waals surface area (Å²) in [6, 6.07) is 12.3. The van der Waals surface area contributed by atoms with E-state index in [-0.39, 0.29) is 23.6 Å². The van der Waals surface area contributed by atoms with Crippen LogP contribution < -0.4 is 21.5 Å². The van der Waals surface area contributed by atoms with Gasteiger partial charge in [-0.15, -0.1) is 5.92 Å². The third kappa shape index (κ3) is 5.70. The van der Waals surface area contributed by atoms with Gasteiger partial charge in [0, 0.05) is 35.5 Å². The fraction of sp³-hybridized carbons (Fsp3) is 0.267.